The molecule has 0 spiro atoms. The van der Waals surface area contributed by atoms with Gasteiger partial charge in [0.1, 0.15) is 5.75 Å². The Morgan fingerprint density at radius 3 is 2.00 bits per heavy atom. The summed E-state index contributed by atoms with van der Waals surface area (Å²) in [6.45, 7) is -0.141. The fourth-order valence-electron chi connectivity index (χ4n) is 3.60. The average molecular weight is 384 g/mol. The van der Waals surface area contributed by atoms with E-state index in [-0.39, 0.29) is 12.4 Å². The minimum Gasteiger partial charge on any atom is -0.496 e. The normalized spacial score (nSPS) is 13.7. The molecule has 1 aliphatic rings. The lowest BCUT2D eigenvalue weighted by Crippen LogP contribution is -2.01. The fraction of sp³-hybridized carbons (Fsp3) is 0.318. The van der Waals surface area contributed by atoms with E-state index in [0.717, 1.165) is 11.1 Å². The van der Waals surface area contributed by atoms with Crippen LogP contribution in [0.3, 0.4) is 0 Å². The van der Waals surface area contributed by atoms with Gasteiger partial charge in [-0.25, -0.2) is 0 Å². The van der Waals surface area contributed by atoms with Crippen molar-refractivity contribution in [2.45, 2.75) is 19.4 Å². The molecule has 28 heavy (non-hydrogen) atoms. The molecule has 2 aromatic carbocycles. The van der Waals surface area contributed by atoms with Gasteiger partial charge in [-0.2, -0.15) is 0 Å². The minimum absolute atomic E-state index is 0.0608. The fourth-order valence-corrected chi connectivity index (χ4v) is 3.60. The van der Waals surface area contributed by atoms with E-state index in [1.807, 2.05) is 18.2 Å². The van der Waals surface area contributed by atoms with Gasteiger partial charge in [-0.1, -0.05) is 6.07 Å². The summed E-state index contributed by atoms with van der Waals surface area (Å²) in [4.78, 5) is 12.7. The first-order valence-corrected chi connectivity index (χ1v) is 8.92. The van der Waals surface area contributed by atoms with E-state index in [0.29, 0.717) is 52.5 Å². The van der Waals surface area contributed by atoms with Crippen LogP contribution in [0.15, 0.2) is 30.3 Å². The van der Waals surface area contributed by atoms with Gasteiger partial charge in [-0.15, -0.1) is 0 Å². The van der Waals surface area contributed by atoms with Crippen molar-refractivity contribution in [1.29, 1.82) is 0 Å². The number of allylic oxidation sites excluding steroid dienone is 2. The van der Waals surface area contributed by atoms with E-state index >= 15 is 0 Å². The Bertz CT molecular complexity index is 904. The predicted molar refractivity (Wildman–Crippen MR) is 106 cm³/mol. The summed E-state index contributed by atoms with van der Waals surface area (Å²) < 4.78 is 21.5. The Morgan fingerprint density at radius 1 is 0.821 bits per heavy atom. The maximum atomic E-state index is 12.7. The highest BCUT2D eigenvalue weighted by atomic mass is 16.5. The summed E-state index contributed by atoms with van der Waals surface area (Å²) in [5.74, 6) is 2.15. The molecule has 0 amide bonds. The van der Waals surface area contributed by atoms with E-state index in [1.165, 1.54) is 0 Å². The van der Waals surface area contributed by atoms with Gasteiger partial charge in [0.25, 0.3) is 0 Å². The highest BCUT2D eigenvalue weighted by molar-refractivity contribution is 6.31. The number of ketones is 1. The first-order chi connectivity index (χ1) is 13.6. The standard InChI is InChI=1S/C22H24O6/c1-25-18-8-5-13(9-15(18)12-23)16-6-7-17(24)21(16)14-10-19(26-2)22(28-4)20(11-14)27-3/h5,8-11,23H,6-7,12H2,1-4H3. The molecule has 0 atom stereocenters. The summed E-state index contributed by atoms with van der Waals surface area (Å²) in [5, 5.41) is 9.64. The molecule has 0 bridgehead atoms. The maximum absolute atomic E-state index is 12.7. The van der Waals surface area contributed by atoms with Crippen LogP contribution in [0.2, 0.25) is 0 Å². The monoisotopic (exact) mass is 384 g/mol. The Hall–Kier alpha value is -2.99. The summed E-state index contributed by atoms with van der Waals surface area (Å²) in [6.07, 6.45) is 1.06. The Labute approximate surface area is 164 Å². The number of ether oxygens (including phenoxy) is 4. The number of aliphatic hydroxyl groups is 1. The van der Waals surface area contributed by atoms with Crippen molar-refractivity contribution in [3.05, 3.63) is 47.0 Å². The quantitative estimate of drug-likeness (QED) is 0.788. The molecule has 3 rings (SSSR count). The Morgan fingerprint density at radius 2 is 1.46 bits per heavy atom. The lowest BCUT2D eigenvalue weighted by Gasteiger charge is -2.16. The summed E-state index contributed by atoms with van der Waals surface area (Å²) in [6, 6.07) is 9.16. The Balaban J connectivity index is 2.19. The zero-order chi connectivity index (χ0) is 20.3. The first kappa shape index (κ1) is 19.8. The van der Waals surface area contributed by atoms with Crippen LogP contribution >= 0.6 is 0 Å². The predicted octanol–water partition coefficient (Wildman–Crippen LogP) is 3.49. The van der Waals surface area contributed by atoms with E-state index in [4.69, 9.17) is 18.9 Å². The largest absolute Gasteiger partial charge is 0.496 e. The van der Waals surface area contributed by atoms with Crippen molar-refractivity contribution < 1.29 is 28.8 Å². The van der Waals surface area contributed by atoms with E-state index in [1.54, 1.807) is 40.6 Å². The van der Waals surface area contributed by atoms with Gasteiger partial charge in [-0.05, 0) is 47.4 Å². The number of rotatable bonds is 7. The van der Waals surface area contributed by atoms with Crippen LogP contribution in [0.5, 0.6) is 23.0 Å². The van der Waals surface area contributed by atoms with E-state index < -0.39 is 0 Å². The second-order valence-corrected chi connectivity index (χ2v) is 6.38. The number of Topliss-reactive ketones (excluding diaryl/α,β-unsaturated/α-hetero) is 1. The van der Waals surface area contributed by atoms with Gasteiger partial charge < -0.3 is 24.1 Å². The molecule has 148 valence electrons. The highest BCUT2D eigenvalue weighted by Crippen LogP contribution is 2.44. The topological polar surface area (TPSA) is 74.2 Å². The van der Waals surface area contributed by atoms with Gasteiger partial charge >= 0.3 is 0 Å². The molecule has 0 radical (unpaired) electrons. The van der Waals surface area contributed by atoms with Crippen LogP contribution < -0.4 is 18.9 Å². The number of carbonyl (C=O) groups excluding carboxylic acids is 1. The van der Waals surface area contributed by atoms with Crippen LogP contribution in [0.25, 0.3) is 11.1 Å². The first-order valence-electron chi connectivity index (χ1n) is 8.92. The molecule has 0 aliphatic heterocycles. The lowest BCUT2D eigenvalue weighted by molar-refractivity contribution is -0.113. The van der Waals surface area contributed by atoms with Gasteiger partial charge in [-0.3, -0.25) is 4.79 Å². The number of hydrogen-bond acceptors (Lipinski definition) is 6. The molecule has 0 unspecified atom stereocenters. The highest BCUT2D eigenvalue weighted by Gasteiger charge is 2.28. The molecule has 0 saturated carbocycles. The number of methoxy groups -OCH3 is 4. The third-order valence-electron chi connectivity index (χ3n) is 4.94. The SMILES string of the molecule is COc1ccc(C2=C(c3cc(OC)c(OC)c(OC)c3)C(=O)CC2)cc1CO. The van der Waals surface area contributed by atoms with Gasteiger partial charge in [0.2, 0.25) is 5.75 Å². The molecule has 0 aromatic heterocycles. The van der Waals surface area contributed by atoms with Crippen molar-refractivity contribution in [1.82, 2.24) is 0 Å². The Kier molecular flexibility index (Phi) is 5.90. The molecular formula is C22H24O6. The zero-order valence-electron chi connectivity index (χ0n) is 16.5. The number of hydrogen-bond donors (Lipinski definition) is 1. The minimum atomic E-state index is -0.141. The van der Waals surface area contributed by atoms with Crippen molar-refractivity contribution >= 4 is 16.9 Å². The molecule has 0 heterocycles. The smallest absolute Gasteiger partial charge is 0.203 e. The van der Waals surface area contributed by atoms with E-state index in [2.05, 4.69) is 0 Å². The molecule has 0 saturated heterocycles. The van der Waals surface area contributed by atoms with Crippen LogP contribution in [-0.4, -0.2) is 39.3 Å². The molecule has 1 N–H and O–H groups in total. The number of benzene rings is 2. The van der Waals surface area contributed by atoms with Crippen molar-refractivity contribution in [3.63, 3.8) is 0 Å². The third-order valence-corrected chi connectivity index (χ3v) is 4.94. The number of carbonyl (C=O) groups is 1. The van der Waals surface area contributed by atoms with Crippen LogP contribution in [0.4, 0.5) is 0 Å². The molecular weight excluding hydrogens is 360 g/mol. The maximum Gasteiger partial charge on any atom is 0.203 e. The van der Waals surface area contributed by atoms with Crippen LogP contribution in [0.1, 0.15) is 29.5 Å². The molecule has 6 nitrogen and oxygen atoms in total. The zero-order valence-corrected chi connectivity index (χ0v) is 16.5. The molecule has 0 fully saturated rings. The lowest BCUT2D eigenvalue weighted by atomic mass is 9.95. The van der Waals surface area contributed by atoms with Crippen molar-refractivity contribution in [3.8, 4) is 23.0 Å². The summed E-state index contributed by atoms with van der Waals surface area (Å²) >= 11 is 0. The second kappa shape index (κ2) is 8.35. The molecule has 2 aromatic rings. The van der Waals surface area contributed by atoms with Gasteiger partial charge in [0.15, 0.2) is 17.3 Å². The van der Waals surface area contributed by atoms with Crippen molar-refractivity contribution in [2.75, 3.05) is 28.4 Å². The number of aliphatic hydroxyl groups excluding tert-OH is 1. The molecule has 6 heteroatoms. The van der Waals surface area contributed by atoms with Crippen LogP contribution in [0, 0.1) is 0 Å². The van der Waals surface area contributed by atoms with Crippen molar-refractivity contribution in [2.24, 2.45) is 0 Å². The summed E-state index contributed by atoms with van der Waals surface area (Å²) in [5.41, 5.74) is 3.84. The average Bonchev–Trinajstić information content (AvgIpc) is 3.13. The van der Waals surface area contributed by atoms with E-state index in [9.17, 15) is 9.90 Å². The van der Waals surface area contributed by atoms with Gasteiger partial charge in [0.05, 0.1) is 35.0 Å². The second-order valence-electron chi connectivity index (χ2n) is 6.38. The third kappa shape index (κ3) is 3.43. The molecule has 1 aliphatic carbocycles. The van der Waals surface area contributed by atoms with Crippen LogP contribution in [-0.2, 0) is 11.4 Å². The van der Waals surface area contributed by atoms with Gasteiger partial charge in [0, 0.05) is 17.6 Å². The summed E-state index contributed by atoms with van der Waals surface area (Å²) in [7, 11) is 6.20.